The number of fused-ring (bicyclic) bond motifs is 1. The Labute approximate surface area is 200 Å². The predicted molar refractivity (Wildman–Crippen MR) is 122 cm³/mol. The summed E-state index contributed by atoms with van der Waals surface area (Å²) in [6, 6.07) is 8.48. The van der Waals surface area contributed by atoms with Gasteiger partial charge in [-0.05, 0) is 43.5 Å². The number of hydrogen-bond acceptors (Lipinski definition) is 4. The Morgan fingerprint density at radius 1 is 1.21 bits per heavy atom. The van der Waals surface area contributed by atoms with Crippen LogP contribution in [-0.4, -0.2) is 38.8 Å². The van der Waals surface area contributed by atoms with E-state index in [1.54, 1.807) is 4.90 Å². The summed E-state index contributed by atoms with van der Waals surface area (Å²) in [5, 5.41) is 12.3. The van der Waals surface area contributed by atoms with Gasteiger partial charge in [0.05, 0.1) is 25.2 Å². The molecule has 2 aromatic carbocycles. The van der Waals surface area contributed by atoms with E-state index >= 15 is 0 Å². The maximum atomic E-state index is 14.2. The lowest BCUT2D eigenvalue weighted by atomic mass is 10.00. The van der Waals surface area contributed by atoms with Crippen molar-refractivity contribution in [2.24, 2.45) is 0 Å². The zero-order valence-corrected chi connectivity index (χ0v) is 19.4. The monoisotopic (exact) mass is 487 g/mol. The molecule has 0 saturated carbocycles. The van der Waals surface area contributed by atoms with Crippen LogP contribution in [0, 0.1) is 18.6 Å². The van der Waals surface area contributed by atoms with Crippen molar-refractivity contribution in [3.8, 4) is 5.75 Å². The fourth-order valence-electron chi connectivity index (χ4n) is 4.70. The molecule has 178 valence electrons. The molecule has 0 radical (unpaired) electrons. The molecule has 2 aliphatic heterocycles. The summed E-state index contributed by atoms with van der Waals surface area (Å²) in [5.41, 5.74) is 1.36. The van der Waals surface area contributed by atoms with E-state index in [0.717, 1.165) is 30.3 Å². The van der Waals surface area contributed by atoms with E-state index in [1.165, 1.54) is 6.07 Å². The van der Waals surface area contributed by atoms with E-state index in [0.29, 0.717) is 35.9 Å². The van der Waals surface area contributed by atoms with Crippen LogP contribution in [0.3, 0.4) is 0 Å². The number of urea groups is 1. The smallest absolute Gasteiger partial charge is 0.318 e. The van der Waals surface area contributed by atoms with E-state index in [9.17, 15) is 13.6 Å². The van der Waals surface area contributed by atoms with E-state index in [4.69, 9.17) is 16.3 Å². The number of benzene rings is 2. The molecule has 34 heavy (non-hydrogen) atoms. The van der Waals surface area contributed by atoms with Crippen LogP contribution >= 0.6 is 11.6 Å². The molecule has 5 rings (SSSR count). The van der Waals surface area contributed by atoms with Gasteiger partial charge >= 0.3 is 6.03 Å². The van der Waals surface area contributed by atoms with E-state index in [2.05, 4.69) is 15.5 Å². The summed E-state index contributed by atoms with van der Waals surface area (Å²) >= 11 is 6.01. The summed E-state index contributed by atoms with van der Waals surface area (Å²) in [6.07, 6.45) is 1.99. The molecule has 1 N–H and O–H groups in total. The summed E-state index contributed by atoms with van der Waals surface area (Å²) in [4.78, 5) is 15.0. The standard InChI is InChI=1S/C24H24ClF2N5O2/c1-14-29-30-23(32(14)13-15-4-6-16(25)7-5-15)21-3-2-9-31(21)24(33)28-20-8-10-34-22-18(20)11-17(26)12-19(22)27/h4-7,11-12,20-21H,2-3,8-10,13H2,1H3,(H,28,33)/t20-,21?/m0/s1. The van der Waals surface area contributed by atoms with E-state index in [1.807, 2.05) is 35.8 Å². The molecule has 0 aliphatic carbocycles. The lowest BCUT2D eigenvalue weighted by Crippen LogP contribution is -2.43. The molecule has 0 bridgehead atoms. The van der Waals surface area contributed by atoms with Gasteiger partial charge in [-0.3, -0.25) is 0 Å². The van der Waals surface area contributed by atoms with Gasteiger partial charge in [-0.15, -0.1) is 10.2 Å². The summed E-state index contributed by atoms with van der Waals surface area (Å²) in [7, 11) is 0. The van der Waals surface area contributed by atoms with Crippen molar-refractivity contribution in [2.45, 2.75) is 44.8 Å². The van der Waals surface area contributed by atoms with Gasteiger partial charge in [0.25, 0.3) is 0 Å². The minimum Gasteiger partial charge on any atom is -0.490 e. The highest BCUT2D eigenvalue weighted by Crippen LogP contribution is 2.36. The molecule has 3 aromatic rings. The van der Waals surface area contributed by atoms with Crippen molar-refractivity contribution in [3.63, 3.8) is 0 Å². The number of rotatable bonds is 4. The van der Waals surface area contributed by atoms with Gasteiger partial charge in [0.1, 0.15) is 11.6 Å². The van der Waals surface area contributed by atoms with Crippen molar-refractivity contribution in [1.82, 2.24) is 25.0 Å². The number of halogens is 3. The zero-order chi connectivity index (χ0) is 23.8. The second-order valence-electron chi connectivity index (χ2n) is 8.61. The van der Waals surface area contributed by atoms with Crippen LogP contribution in [0.4, 0.5) is 13.6 Å². The molecule has 1 unspecified atom stereocenters. The molecule has 7 nitrogen and oxygen atoms in total. The fourth-order valence-corrected chi connectivity index (χ4v) is 4.82. The Kier molecular flexibility index (Phi) is 6.12. The number of aryl methyl sites for hydroxylation is 1. The fraction of sp³-hybridized carbons (Fsp3) is 0.375. The van der Waals surface area contributed by atoms with Crippen molar-refractivity contribution in [3.05, 3.63) is 75.8 Å². The second-order valence-corrected chi connectivity index (χ2v) is 9.05. The molecule has 1 aromatic heterocycles. The van der Waals surface area contributed by atoms with Gasteiger partial charge in [-0.2, -0.15) is 0 Å². The number of amides is 2. The van der Waals surface area contributed by atoms with Crippen molar-refractivity contribution in [1.29, 1.82) is 0 Å². The molecule has 10 heteroatoms. The molecule has 2 amide bonds. The third kappa shape index (κ3) is 4.32. The average molecular weight is 488 g/mol. The van der Waals surface area contributed by atoms with Gasteiger partial charge in [-0.1, -0.05) is 23.7 Å². The van der Waals surface area contributed by atoms with Gasteiger partial charge in [-0.25, -0.2) is 13.6 Å². The van der Waals surface area contributed by atoms with E-state index < -0.39 is 17.7 Å². The number of carbonyl (C=O) groups excluding carboxylic acids is 1. The predicted octanol–water partition coefficient (Wildman–Crippen LogP) is 4.94. The largest absolute Gasteiger partial charge is 0.490 e. The number of nitrogens with zero attached hydrogens (tertiary/aromatic N) is 4. The first-order valence-corrected chi connectivity index (χ1v) is 11.6. The number of ether oxygens (including phenoxy) is 1. The van der Waals surface area contributed by atoms with Crippen LogP contribution in [0.25, 0.3) is 0 Å². The number of hydrogen-bond donors (Lipinski definition) is 1. The quantitative estimate of drug-likeness (QED) is 0.566. The SMILES string of the molecule is Cc1nnc(C2CCCN2C(=O)N[C@H]2CCOc3c(F)cc(F)cc32)n1Cc1ccc(Cl)cc1. The van der Waals surface area contributed by atoms with Crippen LogP contribution in [0.5, 0.6) is 5.75 Å². The molecule has 0 spiro atoms. The molecular formula is C24H24ClF2N5O2. The first-order valence-electron chi connectivity index (χ1n) is 11.2. The van der Waals surface area contributed by atoms with Crippen LogP contribution in [0.2, 0.25) is 5.02 Å². The van der Waals surface area contributed by atoms with Crippen LogP contribution in [0.15, 0.2) is 36.4 Å². The maximum absolute atomic E-state index is 14.2. The summed E-state index contributed by atoms with van der Waals surface area (Å²) in [5.74, 6) is -0.00932. The van der Waals surface area contributed by atoms with Crippen molar-refractivity contribution >= 4 is 17.6 Å². The zero-order valence-electron chi connectivity index (χ0n) is 18.6. The lowest BCUT2D eigenvalue weighted by Gasteiger charge is -2.31. The lowest BCUT2D eigenvalue weighted by molar-refractivity contribution is 0.178. The molecule has 2 aliphatic rings. The van der Waals surface area contributed by atoms with Crippen LogP contribution < -0.4 is 10.1 Å². The van der Waals surface area contributed by atoms with Gasteiger partial charge in [0.2, 0.25) is 0 Å². The Balaban J connectivity index is 1.37. The Morgan fingerprint density at radius 3 is 2.79 bits per heavy atom. The average Bonchev–Trinajstić information content (AvgIpc) is 3.43. The highest BCUT2D eigenvalue weighted by Gasteiger charge is 2.36. The Hall–Kier alpha value is -3.20. The van der Waals surface area contributed by atoms with Crippen molar-refractivity contribution in [2.75, 3.05) is 13.2 Å². The first-order chi connectivity index (χ1) is 16.4. The Bertz CT molecular complexity index is 1220. The molecule has 1 fully saturated rings. The highest BCUT2D eigenvalue weighted by atomic mass is 35.5. The third-order valence-corrected chi connectivity index (χ3v) is 6.65. The number of likely N-dealkylation sites (tertiary alicyclic amines) is 1. The van der Waals surface area contributed by atoms with Gasteiger partial charge < -0.3 is 19.5 Å². The molecular weight excluding hydrogens is 464 g/mol. The summed E-state index contributed by atoms with van der Waals surface area (Å²) < 4.78 is 35.4. The van der Waals surface area contributed by atoms with Gasteiger partial charge in [0, 0.05) is 29.6 Å². The number of nitrogens with one attached hydrogen (secondary N) is 1. The van der Waals surface area contributed by atoms with Crippen LogP contribution in [0.1, 0.15) is 54.1 Å². The van der Waals surface area contributed by atoms with Gasteiger partial charge in [0.15, 0.2) is 17.4 Å². The van der Waals surface area contributed by atoms with E-state index in [-0.39, 0.29) is 24.4 Å². The molecule has 2 atom stereocenters. The molecule has 1 saturated heterocycles. The van der Waals surface area contributed by atoms with Crippen molar-refractivity contribution < 1.29 is 18.3 Å². The third-order valence-electron chi connectivity index (χ3n) is 6.39. The second kappa shape index (κ2) is 9.21. The highest BCUT2D eigenvalue weighted by molar-refractivity contribution is 6.30. The number of aromatic nitrogens is 3. The normalized spacial score (nSPS) is 19.6. The first kappa shape index (κ1) is 22.6. The Morgan fingerprint density at radius 2 is 2.00 bits per heavy atom. The minimum atomic E-state index is -0.765. The molecule has 3 heterocycles. The maximum Gasteiger partial charge on any atom is 0.318 e. The topological polar surface area (TPSA) is 72.3 Å². The number of carbonyl (C=O) groups is 1. The van der Waals surface area contributed by atoms with Crippen LogP contribution in [-0.2, 0) is 6.54 Å². The summed E-state index contributed by atoms with van der Waals surface area (Å²) in [6.45, 7) is 3.23. The minimum absolute atomic E-state index is 0.00532.